The molecule has 0 aliphatic heterocycles. The van der Waals surface area contributed by atoms with Crippen LogP contribution in [0.5, 0.6) is 0 Å². The molecule has 5 nitrogen and oxygen atoms in total. The van der Waals surface area contributed by atoms with Crippen molar-refractivity contribution in [2.45, 2.75) is 30.2 Å². The van der Waals surface area contributed by atoms with Crippen molar-refractivity contribution in [1.29, 1.82) is 0 Å². The minimum absolute atomic E-state index is 0.0331. The molecule has 0 aliphatic rings. The zero-order valence-corrected chi connectivity index (χ0v) is 14.8. The summed E-state index contributed by atoms with van der Waals surface area (Å²) in [6.07, 6.45) is -6.73. The number of halogens is 6. The van der Waals surface area contributed by atoms with Crippen molar-refractivity contribution >= 4 is 11.8 Å². The molecule has 12 heteroatoms. The van der Waals surface area contributed by atoms with Gasteiger partial charge in [0.05, 0.1) is 16.9 Å². The average molecular weight is 420 g/mol. The van der Waals surface area contributed by atoms with Crippen LogP contribution >= 0.6 is 11.8 Å². The Kier molecular flexibility index (Phi) is 5.33. The maximum Gasteiger partial charge on any atom is 0.416 e. The normalized spacial score (nSPS) is 12.4. The van der Waals surface area contributed by atoms with Crippen LogP contribution in [0.4, 0.5) is 26.3 Å². The second-order valence-electron chi connectivity index (χ2n) is 5.64. The van der Waals surface area contributed by atoms with E-state index in [2.05, 4.69) is 20.1 Å². The van der Waals surface area contributed by atoms with Crippen molar-refractivity contribution in [3.05, 3.63) is 53.1 Å². The molecule has 0 fully saturated rings. The quantitative estimate of drug-likeness (QED) is 0.330. The number of hydrogen-bond donors (Lipinski definition) is 0. The highest BCUT2D eigenvalue weighted by atomic mass is 32.2. The molecule has 0 saturated carbocycles. The van der Waals surface area contributed by atoms with E-state index in [4.69, 9.17) is 4.52 Å². The van der Waals surface area contributed by atoms with Crippen LogP contribution in [-0.2, 0) is 18.1 Å². The molecule has 0 saturated heterocycles. The van der Waals surface area contributed by atoms with Gasteiger partial charge in [0, 0.05) is 18.0 Å². The number of aromatic nitrogens is 4. The molecule has 0 bridgehead atoms. The highest BCUT2D eigenvalue weighted by molar-refractivity contribution is 7.98. The topological polar surface area (TPSA) is 64.7 Å². The van der Waals surface area contributed by atoms with E-state index in [0.717, 1.165) is 17.3 Å². The van der Waals surface area contributed by atoms with Crippen molar-refractivity contribution in [3.63, 3.8) is 0 Å². The summed E-state index contributed by atoms with van der Waals surface area (Å²) in [5.74, 6) is -0.246. The fourth-order valence-electron chi connectivity index (χ4n) is 2.09. The first kappa shape index (κ1) is 20.1. The molecule has 0 amide bonds. The molecule has 0 spiro atoms. The third-order valence-corrected chi connectivity index (χ3v) is 4.26. The lowest BCUT2D eigenvalue weighted by atomic mass is 10.0. The number of alkyl halides is 6. The molecule has 1 aromatic carbocycles. The van der Waals surface area contributed by atoms with E-state index in [1.54, 1.807) is 12.4 Å². The monoisotopic (exact) mass is 420 g/mol. The maximum absolute atomic E-state index is 12.9. The molecule has 0 radical (unpaired) electrons. The Bertz CT molecular complexity index is 936. The van der Waals surface area contributed by atoms with Crippen LogP contribution < -0.4 is 0 Å². The van der Waals surface area contributed by atoms with Gasteiger partial charge in [-0.25, -0.2) is 9.97 Å². The van der Waals surface area contributed by atoms with Gasteiger partial charge in [0.2, 0.25) is 0 Å². The Hall–Kier alpha value is -2.63. The van der Waals surface area contributed by atoms with Gasteiger partial charge in [-0.1, -0.05) is 16.9 Å². The predicted molar refractivity (Wildman–Crippen MR) is 86.1 cm³/mol. The van der Waals surface area contributed by atoms with Gasteiger partial charge in [-0.05, 0) is 30.7 Å². The molecule has 148 valence electrons. The van der Waals surface area contributed by atoms with Gasteiger partial charge >= 0.3 is 12.4 Å². The summed E-state index contributed by atoms with van der Waals surface area (Å²) in [6.45, 7) is 1.81. The lowest BCUT2D eigenvalue weighted by molar-refractivity contribution is -0.143. The summed E-state index contributed by atoms with van der Waals surface area (Å²) in [6, 6.07) is 1.09. The molecule has 28 heavy (non-hydrogen) atoms. The maximum atomic E-state index is 12.9. The molecule has 0 atom stereocenters. The van der Waals surface area contributed by atoms with Gasteiger partial charge < -0.3 is 4.52 Å². The zero-order valence-electron chi connectivity index (χ0n) is 14.0. The summed E-state index contributed by atoms with van der Waals surface area (Å²) in [5.41, 5.74) is -2.53. The Morgan fingerprint density at radius 2 is 1.50 bits per heavy atom. The van der Waals surface area contributed by atoms with Crippen molar-refractivity contribution in [2.24, 2.45) is 0 Å². The average Bonchev–Trinajstić information content (AvgIpc) is 3.08. The van der Waals surface area contributed by atoms with E-state index in [1.165, 1.54) is 0 Å². The molecule has 3 aromatic rings. The first-order chi connectivity index (χ1) is 13.0. The lowest BCUT2D eigenvalue weighted by Gasteiger charge is -2.12. The Balaban J connectivity index is 1.86. The Labute approximate surface area is 158 Å². The van der Waals surface area contributed by atoms with Crippen molar-refractivity contribution in [1.82, 2.24) is 20.1 Å². The third kappa shape index (κ3) is 4.80. The molecule has 0 N–H and O–H groups in total. The van der Waals surface area contributed by atoms with Crippen LogP contribution in [0.25, 0.3) is 11.5 Å². The summed E-state index contributed by atoms with van der Waals surface area (Å²) >= 11 is 1.14. The van der Waals surface area contributed by atoms with Gasteiger partial charge in [-0.2, -0.15) is 31.3 Å². The van der Waals surface area contributed by atoms with E-state index < -0.39 is 34.9 Å². The third-order valence-electron chi connectivity index (χ3n) is 3.39. The van der Waals surface area contributed by atoms with E-state index in [9.17, 15) is 26.3 Å². The van der Waals surface area contributed by atoms with Crippen molar-refractivity contribution in [2.75, 3.05) is 0 Å². The largest absolute Gasteiger partial charge is 0.416 e. The van der Waals surface area contributed by atoms with Crippen LogP contribution in [0.3, 0.4) is 0 Å². The van der Waals surface area contributed by atoms with Crippen LogP contribution in [0, 0.1) is 6.92 Å². The van der Waals surface area contributed by atoms with Gasteiger partial charge in [-0.3, -0.25) is 0 Å². The molecule has 0 unspecified atom stereocenters. The molecule has 2 aromatic heterocycles. The zero-order chi connectivity index (χ0) is 20.5. The number of thioether (sulfide) groups is 1. The van der Waals surface area contributed by atoms with Crippen LogP contribution in [0.15, 0.2) is 40.3 Å². The lowest BCUT2D eigenvalue weighted by Crippen LogP contribution is -2.11. The number of nitrogens with zero attached hydrogens (tertiary/aromatic N) is 4. The van der Waals surface area contributed by atoms with Gasteiger partial charge in [-0.15, -0.1) is 0 Å². The van der Waals surface area contributed by atoms with E-state index in [-0.39, 0.29) is 17.6 Å². The van der Waals surface area contributed by atoms with Gasteiger partial charge in [0.1, 0.15) is 0 Å². The van der Waals surface area contributed by atoms with Gasteiger partial charge in [0.15, 0.2) is 11.0 Å². The van der Waals surface area contributed by atoms with Crippen LogP contribution in [0.2, 0.25) is 0 Å². The number of hydrogen-bond acceptors (Lipinski definition) is 6. The number of benzene rings is 1. The summed E-state index contributed by atoms with van der Waals surface area (Å²) < 4.78 is 82.5. The Morgan fingerprint density at radius 3 is 2.04 bits per heavy atom. The van der Waals surface area contributed by atoms with E-state index in [0.29, 0.717) is 17.3 Å². The second-order valence-corrected chi connectivity index (χ2v) is 6.58. The van der Waals surface area contributed by atoms with E-state index in [1.807, 2.05) is 6.92 Å². The first-order valence-corrected chi connectivity index (χ1v) is 8.55. The molecule has 0 aliphatic carbocycles. The highest BCUT2D eigenvalue weighted by Gasteiger charge is 2.37. The van der Waals surface area contributed by atoms with Crippen LogP contribution in [0.1, 0.15) is 22.5 Å². The van der Waals surface area contributed by atoms with Gasteiger partial charge in [0.25, 0.3) is 5.89 Å². The number of aryl methyl sites for hydroxylation is 1. The van der Waals surface area contributed by atoms with Crippen molar-refractivity contribution in [3.8, 4) is 11.5 Å². The summed E-state index contributed by atoms with van der Waals surface area (Å²) in [5, 5.41) is 4.00. The molecule has 2 heterocycles. The molecule has 3 rings (SSSR count). The van der Waals surface area contributed by atoms with Crippen molar-refractivity contribution < 1.29 is 30.9 Å². The highest BCUT2D eigenvalue weighted by Crippen LogP contribution is 2.38. The second kappa shape index (κ2) is 7.41. The predicted octanol–water partition coefficient (Wildman–Crippen LogP) is 5.16. The first-order valence-electron chi connectivity index (χ1n) is 7.56. The van der Waals surface area contributed by atoms with E-state index >= 15 is 0 Å². The Morgan fingerprint density at radius 1 is 0.929 bits per heavy atom. The smallest absolute Gasteiger partial charge is 0.334 e. The fourth-order valence-corrected chi connectivity index (χ4v) is 2.72. The standard InChI is InChI=1S/C16H10F6N4OS/c1-8-5-23-14(24-6-8)28-7-12-25-13(27-26-12)9-2-10(15(17,18)19)4-11(3-9)16(20,21)22/h2-6H,7H2,1H3. The SMILES string of the molecule is Cc1cnc(SCc2noc(-c3cc(C(F)(F)F)cc(C(F)(F)F)c3)n2)nc1. The molecular weight excluding hydrogens is 410 g/mol. The summed E-state index contributed by atoms with van der Waals surface area (Å²) in [4.78, 5) is 12.0. The minimum atomic E-state index is -4.96. The molecular formula is C16H10F6N4OS. The summed E-state index contributed by atoms with van der Waals surface area (Å²) in [7, 11) is 0. The fraction of sp³-hybridized carbons (Fsp3) is 0.250. The minimum Gasteiger partial charge on any atom is -0.334 e. The van der Waals surface area contributed by atoms with Crippen LogP contribution in [-0.4, -0.2) is 20.1 Å². The number of rotatable bonds is 4.